The first-order chi connectivity index (χ1) is 9.15. The van der Waals surface area contributed by atoms with Crippen LogP contribution in [0.5, 0.6) is 0 Å². The lowest BCUT2D eigenvalue weighted by atomic mass is 10.2. The largest absolute Gasteiger partial charge is 0.437 e. The molecular weight excluding hydrogens is 244 g/mol. The van der Waals surface area contributed by atoms with E-state index in [0.29, 0.717) is 24.0 Å². The van der Waals surface area contributed by atoms with Gasteiger partial charge in [-0.2, -0.15) is 0 Å². The zero-order chi connectivity index (χ0) is 13.7. The van der Waals surface area contributed by atoms with Gasteiger partial charge in [-0.15, -0.1) is 0 Å². The molecule has 5 nitrogen and oxygen atoms in total. The zero-order valence-corrected chi connectivity index (χ0v) is 10.9. The molecule has 0 unspecified atom stereocenters. The van der Waals surface area contributed by atoms with Crippen LogP contribution in [-0.2, 0) is 9.63 Å². The summed E-state index contributed by atoms with van der Waals surface area (Å²) < 4.78 is 5.44. The van der Waals surface area contributed by atoms with Crippen LogP contribution in [0.15, 0.2) is 34.8 Å². The van der Waals surface area contributed by atoms with E-state index in [1.54, 1.807) is 0 Å². The van der Waals surface area contributed by atoms with Gasteiger partial charge in [-0.05, 0) is 18.1 Å². The number of nitrogens with zero attached hydrogens (tertiary/aromatic N) is 1. The fourth-order valence-electron chi connectivity index (χ4n) is 1.42. The summed E-state index contributed by atoms with van der Waals surface area (Å²) in [7, 11) is 0. The van der Waals surface area contributed by atoms with Gasteiger partial charge in [0.2, 0.25) is 5.89 Å². The second kappa shape index (κ2) is 6.15. The number of hydroxylamine groups is 1. The van der Waals surface area contributed by atoms with Crippen molar-refractivity contribution in [1.29, 1.82) is 0 Å². The van der Waals surface area contributed by atoms with Gasteiger partial charge in [0.1, 0.15) is 5.52 Å². The lowest BCUT2D eigenvalue weighted by Gasteiger charge is -2.04. The molecule has 0 saturated heterocycles. The molecule has 0 atom stereocenters. The highest BCUT2D eigenvalue weighted by Gasteiger charge is 2.02. The number of rotatable bonds is 5. The van der Waals surface area contributed by atoms with Crippen molar-refractivity contribution in [1.82, 2.24) is 10.5 Å². The summed E-state index contributed by atoms with van der Waals surface area (Å²) in [5.41, 5.74) is 3.78. The van der Waals surface area contributed by atoms with E-state index < -0.39 is 0 Å². The Labute approximate surface area is 111 Å². The Balaban J connectivity index is 1.92. The Morgan fingerprint density at radius 3 is 3.00 bits per heavy atom. The maximum absolute atomic E-state index is 11.4. The van der Waals surface area contributed by atoms with Crippen LogP contribution >= 0.6 is 0 Å². The molecule has 0 spiro atoms. The van der Waals surface area contributed by atoms with Gasteiger partial charge >= 0.3 is 0 Å². The highest BCUT2D eigenvalue weighted by Crippen LogP contribution is 2.15. The van der Waals surface area contributed by atoms with Gasteiger partial charge < -0.3 is 4.42 Å². The molecule has 0 saturated carbocycles. The molecule has 1 aromatic carbocycles. The second-order valence-electron chi connectivity index (χ2n) is 4.52. The van der Waals surface area contributed by atoms with E-state index in [4.69, 9.17) is 9.25 Å². The average Bonchev–Trinajstić information content (AvgIpc) is 2.78. The van der Waals surface area contributed by atoms with Crippen molar-refractivity contribution in [2.75, 3.05) is 6.61 Å². The maximum atomic E-state index is 11.4. The molecule has 1 aromatic heterocycles. The predicted octanol–water partition coefficient (Wildman–Crippen LogP) is 2.54. The van der Waals surface area contributed by atoms with Crippen molar-refractivity contribution < 1.29 is 14.0 Å². The van der Waals surface area contributed by atoms with E-state index in [-0.39, 0.29) is 5.91 Å². The number of carbonyl (C=O) groups excluding carboxylic acids is 1. The first-order valence-corrected chi connectivity index (χ1v) is 6.10. The van der Waals surface area contributed by atoms with Crippen molar-refractivity contribution >= 4 is 23.1 Å². The molecule has 100 valence electrons. The Hall–Kier alpha value is -2.14. The van der Waals surface area contributed by atoms with Crippen LogP contribution in [0.1, 0.15) is 19.7 Å². The van der Waals surface area contributed by atoms with Gasteiger partial charge in [0, 0.05) is 12.2 Å². The van der Waals surface area contributed by atoms with Crippen LogP contribution in [0, 0.1) is 5.92 Å². The summed E-state index contributed by atoms with van der Waals surface area (Å²) in [4.78, 5) is 20.6. The van der Waals surface area contributed by atoms with Crippen LogP contribution in [0.25, 0.3) is 17.2 Å². The lowest BCUT2D eigenvalue weighted by molar-refractivity contribution is -0.129. The van der Waals surface area contributed by atoms with E-state index in [1.807, 2.05) is 38.1 Å². The average molecular weight is 260 g/mol. The minimum Gasteiger partial charge on any atom is -0.437 e. The molecule has 0 aliphatic heterocycles. The number of para-hydroxylation sites is 2. The Morgan fingerprint density at radius 1 is 1.47 bits per heavy atom. The summed E-state index contributed by atoms with van der Waals surface area (Å²) in [5, 5.41) is 0. The predicted molar refractivity (Wildman–Crippen MR) is 72.0 cm³/mol. The van der Waals surface area contributed by atoms with Crippen LogP contribution in [0.2, 0.25) is 0 Å². The number of carbonyl (C=O) groups is 1. The number of benzene rings is 1. The smallest absolute Gasteiger partial charge is 0.267 e. The van der Waals surface area contributed by atoms with Crippen molar-refractivity contribution in [2.24, 2.45) is 5.92 Å². The quantitative estimate of drug-likeness (QED) is 0.662. The SMILES string of the molecule is CC(C)CONC(=O)/C=C/c1nc2ccccc2o1. The summed E-state index contributed by atoms with van der Waals surface area (Å²) >= 11 is 0. The normalized spacial score (nSPS) is 11.5. The Morgan fingerprint density at radius 2 is 2.26 bits per heavy atom. The molecule has 1 amide bonds. The first kappa shape index (κ1) is 13.3. The summed E-state index contributed by atoms with van der Waals surface area (Å²) in [6.45, 7) is 4.48. The van der Waals surface area contributed by atoms with Crippen LogP contribution in [0.3, 0.4) is 0 Å². The van der Waals surface area contributed by atoms with E-state index in [9.17, 15) is 4.79 Å². The molecule has 0 aliphatic carbocycles. The van der Waals surface area contributed by atoms with Gasteiger partial charge in [-0.1, -0.05) is 26.0 Å². The maximum Gasteiger partial charge on any atom is 0.267 e. The molecule has 1 heterocycles. The van der Waals surface area contributed by atoms with Crippen LogP contribution in [-0.4, -0.2) is 17.5 Å². The van der Waals surface area contributed by atoms with E-state index >= 15 is 0 Å². The molecule has 0 fully saturated rings. The molecule has 0 radical (unpaired) electrons. The molecule has 5 heteroatoms. The van der Waals surface area contributed by atoms with Gasteiger partial charge in [-0.3, -0.25) is 9.63 Å². The molecular formula is C14H16N2O3. The number of fused-ring (bicyclic) bond motifs is 1. The minimum absolute atomic E-state index is 0.345. The van der Waals surface area contributed by atoms with Crippen LogP contribution in [0.4, 0.5) is 0 Å². The van der Waals surface area contributed by atoms with Gasteiger partial charge in [0.15, 0.2) is 5.58 Å². The highest BCUT2D eigenvalue weighted by atomic mass is 16.6. The van der Waals surface area contributed by atoms with Crippen LogP contribution < -0.4 is 5.48 Å². The third-order valence-corrected chi connectivity index (χ3v) is 2.28. The number of hydrogen-bond acceptors (Lipinski definition) is 4. The number of oxazole rings is 1. The van der Waals surface area contributed by atoms with E-state index in [2.05, 4.69) is 10.5 Å². The van der Waals surface area contributed by atoms with E-state index in [0.717, 1.165) is 5.52 Å². The first-order valence-electron chi connectivity index (χ1n) is 6.10. The molecule has 19 heavy (non-hydrogen) atoms. The fraction of sp³-hybridized carbons (Fsp3) is 0.286. The van der Waals surface area contributed by atoms with Crippen molar-refractivity contribution in [3.05, 3.63) is 36.2 Å². The lowest BCUT2D eigenvalue weighted by Crippen LogP contribution is -2.23. The number of aromatic nitrogens is 1. The third-order valence-electron chi connectivity index (χ3n) is 2.28. The summed E-state index contributed by atoms with van der Waals surface area (Å²) in [6.07, 6.45) is 2.83. The van der Waals surface area contributed by atoms with E-state index in [1.165, 1.54) is 12.2 Å². The second-order valence-corrected chi connectivity index (χ2v) is 4.52. The Bertz CT molecular complexity index is 554. The highest BCUT2D eigenvalue weighted by molar-refractivity contribution is 5.90. The molecule has 2 aromatic rings. The summed E-state index contributed by atoms with van der Waals surface area (Å²) in [6, 6.07) is 7.42. The summed E-state index contributed by atoms with van der Waals surface area (Å²) in [5.74, 6) is 0.407. The number of nitrogens with one attached hydrogen (secondary N) is 1. The monoisotopic (exact) mass is 260 g/mol. The molecule has 2 rings (SSSR count). The van der Waals surface area contributed by atoms with Gasteiger partial charge in [0.05, 0.1) is 6.61 Å². The minimum atomic E-state index is -0.345. The van der Waals surface area contributed by atoms with Gasteiger partial charge in [0.25, 0.3) is 5.91 Å². The number of hydrogen-bond donors (Lipinski definition) is 1. The molecule has 0 aliphatic rings. The fourth-order valence-corrected chi connectivity index (χ4v) is 1.42. The van der Waals surface area contributed by atoms with Crippen molar-refractivity contribution in [3.63, 3.8) is 0 Å². The Kier molecular flexibility index (Phi) is 4.30. The zero-order valence-electron chi connectivity index (χ0n) is 10.9. The van der Waals surface area contributed by atoms with Gasteiger partial charge in [-0.25, -0.2) is 10.5 Å². The van der Waals surface area contributed by atoms with Crippen molar-refractivity contribution in [3.8, 4) is 0 Å². The topological polar surface area (TPSA) is 64.4 Å². The molecule has 1 N–H and O–H groups in total. The standard InChI is InChI=1S/C14H16N2O3/c1-10(2)9-18-16-13(17)7-8-14-15-11-5-3-4-6-12(11)19-14/h3-8,10H,9H2,1-2H3,(H,16,17)/b8-7+. The number of amides is 1. The van der Waals surface area contributed by atoms with Crippen molar-refractivity contribution in [2.45, 2.75) is 13.8 Å². The molecule has 0 bridgehead atoms. The third kappa shape index (κ3) is 3.93.